The quantitative estimate of drug-likeness (QED) is 0.809. The van der Waals surface area contributed by atoms with Crippen molar-refractivity contribution >= 4 is 11.6 Å². The van der Waals surface area contributed by atoms with Crippen molar-refractivity contribution in [2.45, 2.75) is 57.9 Å². The van der Waals surface area contributed by atoms with E-state index in [1.165, 1.54) is 44.1 Å². The van der Waals surface area contributed by atoms with E-state index < -0.39 is 0 Å². The van der Waals surface area contributed by atoms with Gasteiger partial charge in [0.1, 0.15) is 0 Å². The highest BCUT2D eigenvalue weighted by Gasteiger charge is 2.24. The number of aryl methyl sites for hydroxylation is 1. The fourth-order valence-electron chi connectivity index (χ4n) is 3.11. The molecule has 106 valence electrons. The van der Waals surface area contributed by atoms with Crippen LogP contribution in [0.3, 0.4) is 0 Å². The fraction of sp³-hybridized carbons (Fsp3) is 0.688. The van der Waals surface area contributed by atoms with Crippen LogP contribution in [0, 0.1) is 5.92 Å². The summed E-state index contributed by atoms with van der Waals surface area (Å²) in [5, 5.41) is 4.55. The summed E-state index contributed by atoms with van der Waals surface area (Å²) < 4.78 is 0. The summed E-state index contributed by atoms with van der Waals surface area (Å²) in [6, 6.07) is 2.71. The zero-order valence-electron chi connectivity index (χ0n) is 11.9. The molecule has 2 rings (SSSR count). The molecular weight excluding hydrogens is 256 g/mol. The van der Waals surface area contributed by atoms with E-state index in [2.05, 4.69) is 17.2 Å². The standard InChI is InChI=1S/C16H25ClN2/c1-2-10-19-16(14-5-3-4-6-14)8-7-13-9-11-18-12-15(13)17/h9,11-12,14,16,19H,2-8,10H2,1H3. The van der Waals surface area contributed by atoms with Crippen molar-refractivity contribution in [2.24, 2.45) is 5.92 Å². The SMILES string of the molecule is CCCNC(CCc1ccncc1Cl)C1CCCC1. The minimum absolute atomic E-state index is 0.659. The van der Waals surface area contributed by atoms with E-state index >= 15 is 0 Å². The van der Waals surface area contributed by atoms with Gasteiger partial charge in [0, 0.05) is 18.4 Å². The van der Waals surface area contributed by atoms with Crippen LogP contribution in [0.2, 0.25) is 5.02 Å². The molecule has 0 bridgehead atoms. The van der Waals surface area contributed by atoms with E-state index in [1.807, 2.05) is 12.3 Å². The summed E-state index contributed by atoms with van der Waals surface area (Å²) in [7, 11) is 0. The number of hydrogen-bond acceptors (Lipinski definition) is 2. The maximum Gasteiger partial charge on any atom is 0.0621 e. The maximum absolute atomic E-state index is 6.19. The smallest absolute Gasteiger partial charge is 0.0621 e. The zero-order valence-corrected chi connectivity index (χ0v) is 12.6. The first-order valence-electron chi connectivity index (χ1n) is 7.63. The molecule has 2 nitrogen and oxygen atoms in total. The maximum atomic E-state index is 6.19. The topological polar surface area (TPSA) is 24.9 Å². The van der Waals surface area contributed by atoms with E-state index in [-0.39, 0.29) is 0 Å². The molecular formula is C16H25ClN2. The van der Waals surface area contributed by atoms with E-state index in [4.69, 9.17) is 11.6 Å². The van der Waals surface area contributed by atoms with Gasteiger partial charge in [-0.25, -0.2) is 0 Å². The predicted molar refractivity (Wildman–Crippen MR) is 81.6 cm³/mol. The Kier molecular flexibility index (Phi) is 6.12. The molecule has 3 heteroatoms. The van der Waals surface area contributed by atoms with Crippen molar-refractivity contribution < 1.29 is 0 Å². The Morgan fingerprint density at radius 3 is 2.89 bits per heavy atom. The lowest BCUT2D eigenvalue weighted by Gasteiger charge is -2.25. The van der Waals surface area contributed by atoms with Gasteiger partial charge in [-0.1, -0.05) is 31.4 Å². The van der Waals surface area contributed by atoms with Crippen LogP contribution in [0.25, 0.3) is 0 Å². The van der Waals surface area contributed by atoms with Crippen LogP contribution in [-0.2, 0) is 6.42 Å². The number of hydrogen-bond donors (Lipinski definition) is 1. The lowest BCUT2D eigenvalue weighted by atomic mass is 9.92. The van der Waals surface area contributed by atoms with Crippen molar-refractivity contribution in [1.82, 2.24) is 10.3 Å². The molecule has 1 heterocycles. The molecule has 0 radical (unpaired) electrons. The molecule has 19 heavy (non-hydrogen) atoms. The van der Waals surface area contributed by atoms with Gasteiger partial charge in [-0.2, -0.15) is 0 Å². The van der Waals surface area contributed by atoms with Gasteiger partial charge in [-0.15, -0.1) is 0 Å². The average molecular weight is 281 g/mol. The molecule has 1 N–H and O–H groups in total. The summed E-state index contributed by atoms with van der Waals surface area (Å²) in [6.07, 6.45) is 12.6. The Bertz CT molecular complexity index is 375. The van der Waals surface area contributed by atoms with Crippen molar-refractivity contribution in [3.05, 3.63) is 29.0 Å². The average Bonchev–Trinajstić information content (AvgIpc) is 2.94. The van der Waals surface area contributed by atoms with E-state index in [9.17, 15) is 0 Å². The predicted octanol–water partition coefficient (Wildman–Crippen LogP) is 4.23. The second-order valence-corrected chi connectivity index (χ2v) is 6.02. The molecule has 0 aromatic carbocycles. The Labute approximate surface area is 122 Å². The van der Waals surface area contributed by atoms with Crippen LogP contribution in [-0.4, -0.2) is 17.6 Å². The summed E-state index contributed by atoms with van der Waals surface area (Å²) in [4.78, 5) is 4.05. The summed E-state index contributed by atoms with van der Waals surface area (Å²) in [6.45, 7) is 3.36. The van der Waals surface area contributed by atoms with Gasteiger partial charge < -0.3 is 5.32 Å². The second kappa shape index (κ2) is 7.86. The van der Waals surface area contributed by atoms with Gasteiger partial charge >= 0.3 is 0 Å². The van der Waals surface area contributed by atoms with Gasteiger partial charge in [0.15, 0.2) is 0 Å². The van der Waals surface area contributed by atoms with Gasteiger partial charge in [0.25, 0.3) is 0 Å². The Morgan fingerprint density at radius 2 is 2.21 bits per heavy atom. The van der Waals surface area contributed by atoms with Gasteiger partial charge in [-0.05, 0) is 56.2 Å². The Morgan fingerprint density at radius 1 is 1.42 bits per heavy atom. The lowest BCUT2D eigenvalue weighted by Crippen LogP contribution is -2.36. The Hall–Kier alpha value is -0.600. The number of nitrogens with one attached hydrogen (secondary N) is 1. The zero-order chi connectivity index (χ0) is 13.5. The van der Waals surface area contributed by atoms with Crippen molar-refractivity contribution in [1.29, 1.82) is 0 Å². The molecule has 0 amide bonds. The largest absolute Gasteiger partial charge is 0.314 e. The normalized spacial score (nSPS) is 17.8. The van der Waals surface area contributed by atoms with Crippen molar-refractivity contribution in [3.63, 3.8) is 0 Å². The van der Waals surface area contributed by atoms with Crippen LogP contribution in [0.4, 0.5) is 0 Å². The van der Waals surface area contributed by atoms with Crippen LogP contribution >= 0.6 is 11.6 Å². The number of nitrogens with zero attached hydrogens (tertiary/aromatic N) is 1. The van der Waals surface area contributed by atoms with Crippen LogP contribution in [0.1, 0.15) is 51.0 Å². The van der Waals surface area contributed by atoms with Crippen LogP contribution < -0.4 is 5.32 Å². The van der Waals surface area contributed by atoms with Gasteiger partial charge in [-0.3, -0.25) is 4.98 Å². The molecule has 1 fully saturated rings. The number of pyridine rings is 1. The number of halogens is 1. The Balaban J connectivity index is 1.90. The van der Waals surface area contributed by atoms with Crippen molar-refractivity contribution in [3.8, 4) is 0 Å². The highest BCUT2D eigenvalue weighted by molar-refractivity contribution is 6.31. The highest BCUT2D eigenvalue weighted by atomic mass is 35.5. The third kappa shape index (κ3) is 4.47. The van der Waals surface area contributed by atoms with E-state index in [1.54, 1.807) is 6.20 Å². The fourth-order valence-corrected chi connectivity index (χ4v) is 3.33. The molecule has 1 aromatic rings. The first-order valence-corrected chi connectivity index (χ1v) is 8.00. The minimum atomic E-state index is 0.659. The molecule has 1 saturated carbocycles. The van der Waals surface area contributed by atoms with E-state index in [0.29, 0.717) is 6.04 Å². The first-order chi connectivity index (χ1) is 9.31. The molecule has 1 aromatic heterocycles. The molecule has 0 spiro atoms. The molecule has 0 aliphatic heterocycles. The van der Waals surface area contributed by atoms with Crippen LogP contribution in [0.15, 0.2) is 18.5 Å². The number of aromatic nitrogens is 1. The third-order valence-corrected chi connectivity index (χ3v) is 4.55. The molecule has 1 aliphatic rings. The minimum Gasteiger partial charge on any atom is -0.314 e. The van der Waals surface area contributed by atoms with Crippen molar-refractivity contribution in [2.75, 3.05) is 6.54 Å². The van der Waals surface area contributed by atoms with Gasteiger partial charge in [0.2, 0.25) is 0 Å². The molecule has 1 unspecified atom stereocenters. The first kappa shape index (κ1) is 14.8. The summed E-state index contributed by atoms with van der Waals surface area (Å²) in [5.41, 5.74) is 1.23. The molecule has 1 atom stereocenters. The molecule has 1 aliphatic carbocycles. The van der Waals surface area contributed by atoms with Gasteiger partial charge in [0.05, 0.1) is 5.02 Å². The monoisotopic (exact) mass is 280 g/mol. The summed E-state index contributed by atoms with van der Waals surface area (Å²) >= 11 is 6.19. The second-order valence-electron chi connectivity index (χ2n) is 5.61. The number of rotatable bonds is 7. The van der Waals surface area contributed by atoms with Crippen LogP contribution in [0.5, 0.6) is 0 Å². The lowest BCUT2D eigenvalue weighted by molar-refractivity contribution is 0.341. The molecule has 0 saturated heterocycles. The van der Waals surface area contributed by atoms with E-state index in [0.717, 1.165) is 23.9 Å². The third-order valence-electron chi connectivity index (χ3n) is 4.21. The highest BCUT2D eigenvalue weighted by Crippen LogP contribution is 2.30. The summed E-state index contributed by atoms with van der Waals surface area (Å²) in [5.74, 6) is 0.868.